The van der Waals surface area contributed by atoms with Crippen molar-refractivity contribution < 1.29 is 14.2 Å². The van der Waals surface area contributed by atoms with Gasteiger partial charge in [-0.05, 0) is 12.3 Å². The van der Waals surface area contributed by atoms with Crippen molar-refractivity contribution in [3.8, 4) is 5.88 Å². The summed E-state index contributed by atoms with van der Waals surface area (Å²) in [6, 6.07) is 1.80. The number of nitrogens with one attached hydrogen (secondary N) is 1. The molecule has 0 spiro atoms. The second-order valence-electron chi connectivity index (χ2n) is 5.18. The highest BCUT2D eigenvalue weighted by Crippen LogP contribution is 2.14. The number of hydrogen-bond donors (Lipinski definition) is 1. The zero-order valence-corrected chi connectivity index (χ0v) is 13.5. The number of aromatic nitrogens is 2. The number of ether oxygens (including phenoxy) is 3. The summed E-state index contributed by atoms with van der Waals surface area (Å²) in [6.45, 7) is 9.34. The summed E-state index contributed by atoms with van der Waals surface area (Å²) in [5.41, 5.74) is 0. The van der Waals surface area contributed by atoms with Crippen molar-refractivity contribution in [1.29, 1.82) is 0 Å². The number of nitrogens with zero attached hydrogens (tertiary/aromatic N) is 2. The van der Waals surface area contributed by atoms with Gasteiger partial charge >= 0.3 is 0 Å². The van der Waals surface area contributed by atoms with Gasteiger partial charge in [-0.2, -0.15) is 4.98 Å². The molecule has 0 atom stereocenters. The lowest BCUT2D eigenvalue weighted by molar-refractivity contribution is 0.0803. The standard InChI is InChI=1S/C15H27N3O3/c1-5-6-16-13-9-15(18-14(17-13)11-19-4)21-8-7-20-10-12(2)3/h9,12H,5-8,10-11H2,1-4H3,(H,16,17,18). The molecule has 0 radical (unpaired) electrons. The highest BCUT2D eigenvalue weighted by molar-refractivity contribution is 5.38. The first-order chi connectivity index (χ1) is 10.2. The van der Waals surface area contributed by atoms with Gasteiger partial charge in [-0.15, -0.1) is 0 Å². The van der Waals surface area contributed by atoms with Gasteiger partial charge in [0, 0.05) is 26.3 Å². The van der Waals surface area contributed by atoms with E-state index >= 15 is 0 Å². The Morgan fingerprint density at radius 2 is 2.05 bits per heavy atom. The average molecular weight is 297 g/mol. The first-order valence-electron chi connectivity index (χ1n) is 7.47. The lowest BCUT2D eigenvalue weighted by Gasteiger charge is -2.11. The lowest BCUT2D eigenvalue weighted by Crippen LogP contribution is -2.12. The van der Waals surface area contributed by atoms with E-state index in [9.17, 15) is 0 Å². The van der Waals surface area contributed by atoms with Gasteiger partial charge in [-0.25, -0.2) is 4.98 Å². The molecule has 21 heavy (non-hydrogen) atoms. The third-order valence-electron chi connectivity index (χ3n) is 2.51. The minimum Gasteiger partial charge on any atom is -0.475 e. The van der Waals surface area contributed by atoms with Crippen LogP contribution in [0.5, 0.6) is 5.88 Å². The molecule has 0 saturated carbocycles. The molecule has 1 aromatic rings. The predicted molar refractivity (Wildman–Crippen MR) is 82.7 cm³/mol. The van der Waals surface area contributed by atoms with Crippen molar-refractivity contribution in [2.75, 3.05) is 38.8 Å². The molecule has 0 aliphatic heterocycles. The Labute approximate surface area is 127 Å². The molecule has 0 aliphatic carbocycles. The van der Waals surface area contributed by atoms with Crippen LogP contribution in [-0.2, 0) is 16.1 Å². The van der Waals surface area contributed by atoms with Crippen LogP contribution in [0.2, 0.25) is 0 Å². The van der Waals surface area contributed by atoms with Crippen LogP contribution < -0.4 is 10.1 Å². The summed E-state index contributed by atoms with van der Waals surface area (Å²) >= 11 is 0. The summed E-state index contributed by atoms with van der Waals surface area (Å²) in [7, 11) is 1.62. The molecule has 1 aromatic heterocycles. The minimum atomic E-state index is 0.363. The van der Waals surface area contributed by atoms with Crippen LogP contribution in [0.3, 0.4) is 0 Å². The van der Waals surface area contributed by atoms with Crippen molar-refractivity contribution in [3.63, 3.8) is 0 Å². The van der Waals surface area contributed by atoms with E-state index in [-0.39, 0.29) is 0 Å². The second kappa shape index (κ2) is 10.3. The number of anilines is 1. The molecular weight excluding hydrogens is 270 g/mol. The molecule has 0 fully saturated rings. The Bertz CT molecular complexity index is 400. The normalized spacial score (nSPS) is 10.9. The van der Waals surface area contributed by atoms with Gasteiger partial charge in [-0.1, -0.05) is 20.8 Å². The van der Waals surface area contributed by atoms with Gasteiger partial charge in [0.05, 0.1) is 6.61 Å². The van der Waals surface area contributed by atoms with E-state index in [0.29, 0.717) is 37.4 Å². The number of methoxy groups -OCH3 is 1. The maximum Gasteiger partial charge on any atom is 0.218 e. The molecule has 6 heteroatoms. The summed E-state index contributed by atoms with van der Waals surface area (Å²) in [5.74, 6) is 2.44. The zero-order valence-electron chi connectivity index (χ0n) is 13.5. The Kier molecular flexibility index (Phi) is 8.69. The molecular formula is C15H27N3O3. The Balaban J connectivity index is 2.52. The van der Waals surface area contributed by atoms with Gasteiger partial charge in [0.1, 0.15) is 19.0 Å². The predicted octanol–water partition coefficient (Wildman–Crippen LogP) is 2.50. The van der Waals surface area contributed by atoms with E-state index in [2.05, 4.69) is 36.1 Å². The summed E-state index contributed by atoms with van der Waals surface area (Å²) in [6.07, 6.45) is 1.03. The summed E-state index contributed by atoms with van der Waals surface area (Å²) < 4.78 is 16.2. The van der Waals surface area contributed by atoms with E-state index in [1.54, 1.807) is 13.2 Å². The molecule has 120 valence electrons. The fourth-order valence-corrected chi connectivity index (χ4v) is 1.61. The van der Waals surface area contributed by atoms with Crippen LogP contribution in [0.15, 0.2) is 6.07 Å². The largest absolute Gasteiger partial charge is 0.475 e. The third kappa shape index (κ3) is 7.82. The Morgan fingerprint density at radius 3 is 2.71 bits per heavy atom. The quantitative estimate of drug-likeness (QED) is 0.633. The molecule has 0 unspecified atom stereocenters. The van der Waals surface area contributed by atoms with Crippen LogP contribution in [0.1, 0.15) is 33.0 Å². The van der Waals surface area contributed by atoms with Crippen LogP contribution in [0.4, 0.5) is 5.82 Å². The highest BCUT2D eigenvalue weighted by atomic mass is 16.5. The van der Waals surface area contributed by atoms with E-state index in [4.69, 9.17) is 14.2 Å². The summed E-state index contributed by atoms with van der Waals surface area (Å²) in [5, 5.41) is 3.23. The Hall–Kier alpha value is -1.40. The maximum atomic E-state index is 5.62. The van der Waals surface area contributed by atoms with Crippen LogP contribution >= 0.6 is 0 Å². The van der Waals surface area contributed by atoms with E-state index < -0.39 is 0 Å². The molecule has 0 aliphatic rings. The molecule has 0 bridgehead atoms. The fraction of sp³-hybridized carbons (Fsp3) is 0.733. The first kappa shape index (κ1) is 17.7. The van der Waals surface area contributed by atoms with Crippen molar-refractivity contribution in [2.24, 2.45) is 5.92 Å². The Morgan fingerprint density at radius 1 is 1.24 bits per heavy atom. The highest BCUT2D eigenvalue weighted by Gasteiger charge is 2.05. The van der Waals surface area contributed by atoms with Crippen molar-refractivity contribution >= 4 is 5.82 Å². The van der Waals surface area contributed by atoms with Crippen molar-refractivity contribution in [1.82, 2.24) is 9.97 Å². The smallest absolute Gasteiger partial charge is 0.218 e. The summed E-state index contributed by atoms with van der Waals surface area (Å²) in [4.78, 5) is 8.68. The molecule has 6 nitrogen and oxygen atoms in total. The van der Waals surface area contributed by atoms with E-state index in [1.807, 2.05) is 0 Å². The van der Waals surface area contributed by atoms with E-state index in [1.165, 1.54) is 0 Å². The van der Waals surface area contributed by atoms with E-state index in [0.717, 1.165) is 25.4 Å². The molecule has 0 amide bonds. The lowest BCUT2D eigenvalue weighted by atomic mass is 10.2. The van der Waals surface area contributed by atoms with Crippen molar-refractivity contribution in [2.45, 2.75) is 33.8 Å². The van der Waals surface area contributed by atoms with Crippen LogP contribution in [0, 0.1) is 5.92 Å². The first-order valence-corrected chi connectivity index (χ1v) is 7.47. The van der Waals surface area contributed by atoms with Gasteiger partial charge < -0.3 is 19.5 Å². The molecule has 1 heterocycles. The topological polar surface area (TPSA) is 65.5 Å². The van der Waals surface area contributed by atoms with Crippen LogP contribution in [0.25, 0.3) is 0 Å². The minimum absolute atomic E-state index is 0.363. The monoisotopic (exact) mass is 297 g/mol. The van der Waals surface area contributed by atoms with Crippen LogP contribution in [-0.4, -0.2) is 43.4 Å². The molecule has 1 N–H and O–H groups in total. The van der Waals surface area contributed by atoms with Crippen molar-refractivity contribution in [3.05, 3.63) is 11.9 Å². The second-order valence-corrected chi connectivity index (χ2v) is 5.18. The molecule has 0 saturated heterocycles. The number of hydrogen-bond acceptors (Lipinski definition) is 6. The molecule has 1 rings (SSSR count). The SMILES string of the molecule is CCCNc1cc(OCCOCC(C)C)nc(COC)n1. The maximum absolute atomic E-state index is 5.62. The number of rotatable bonds is 11. The molecule has 0 aromatic carbocycles. The average Bonchev–Trinajstić information content (AvgIpc) is 2.44. The fourth-order valence-electron chi connectivity index (χ4n) is 1.61. The van der Waals surface area contributed by atoms with Gasteiger partial charge in [0.2, 0.25) is 5.88 Å². The van der Waals surface area contributed by atoms with Gasteiger partial charge in [0.25, 0.3) is 0 Å². The third-order valence-corrected chi connectivity index (χ3v) is 2.51. The zero-order chi connectivity index (χ0) is 15.5. The van der Waals surface area contributed by atoms with Gasteiger partial charge in [-0.3, -0.25) is 0 Å². The van der Waals surface area contributed by atoms with Gasteiger partial charge in [0.15, 0.2) is 5.82 Å².